The van der Waals surface area contributed by atoms with Crippen LogP contribution in [0.3, 0.4) is 0 Å². The first-order valence-corrected chi connectivity index (χ1v) is 9.98. The number of H-pyrrole nitrogens is 1. The fourth-order valence-electron chi connectivity index (χ4n) is 3.30. The molecule has 1 saturated heterocycles. The molecule has 28 heavy (non-hydrogen) atoms. The van der Waals surface area contributed by atoms with E-state index >= 15 is 0 Å². The first kappa shape index (κ1) is 18.4. The van der Waals surface area contributed by atoms with Crippen LogP contribution in [0.5, 0.6) is 0 Å². The van der Waals surface area contributed by atoms with Crippen molar-refractivity contribution in [2.24, 2.45) is 0 Å². The van der Waals surface area contributed by atoms with Gasteiger partial charge in [-0.3, -0.25) is 14.6 Å². The van der Waals surface area contributed by atoms with E-state index in [1.54, 1.807) is 16.2 Å². The van der Waals surface area contributed by atoms with Gasteiger partial charge in [0.05, 0.1) is 5.92 Å². The highest BCUT2D eigenvalue weighted by atomic mass is 32.1. The molecule has 1 aliphatic rings. The molecule has 146 valence electrons. The van der Waals surface area contributed by atoms with Gasteiger partial charge in [0, 0.05) is 49.3 Å². The minimum atomic E-state index is -0.511. The average molecular weight is 401 g/mol. The van der Waals surface area contributed by atoms with E-state index < -0.39 is 11.2 Å². The zero-order valence-electron chi connectivity index (χ0n) is 15.0. The van der Waals surface area contributed by atoms with Crippen molar-refractivity contribution in [1.82, 2.24) is 24.6 Å². The lowest BCUT2D eigenvalue weighted by atomic mass is 9.98. The molecule has 0 aliphatic carbocycles. The number of aryl methyl sites for hydroxylation is 1. The molecule has 3 aromatic rings. The lowest BCUT2D eigenvalue weighted by molar-refractivity contribution is -0.132. The number of carbonyl (C=O) groups excluding carboxylic acids is 1. The standard InChI is InChI=1S/C18H19N5O4S/c24-14-3-7-22(18(26)19-14)8-4-15(25)23-6-1-2-12(10-23)16-20-21-17(27-16)13-5-9-28-11-13/h3,5,7,9,11-12H,1-2,4,6,8,10H2,(H,19,24,26)/t12-/m0/s1. The van der Waals surface area contributed by atoms with Crippen molar-refractivity contribution in [3.63, 3.8) is 0 Å². The van der Waals surface area contributed by atoms with E-state index in [1.807, 2.05) is 16.8 Å². The number of thiophene rings is 1. The van der Waals surface area contributed by atoms with Gasteiger partial charge in [-0.15, -0.1) is 10.2 Å². The summed E-state index contributed by atoms with van der Waals surface area (Å²) < 4.78 is 7.14. The Morgan fingerprint density at radius 2 is 2.21 bits per heavy atom. The number of carbonyl (C=O) groups is 1. The van der Waals surface area contributed by atoms with Crippen molar-refractivity contribution < 1.29 is 9.21 Å². The third-order valence-electron chi connectivity index (χ3n) is 4.80. The van der Waals surface area contributed by atoms with E-state index in [1.165, 1.54) is 16.8 Å². The number of piperidine rings is 1. The Balaban J connectivity index is 1.38. The van der Waals surface area contributed by atoms with E-state index in [0.29, 0.717) is 24.9 Å². The molecule has 3 aromatic heterocycles. The highest BCUT2D eigenvalue weighted by Gasteiger charge is 2.28. The van der Waals surface area contributed by atoms with Gasteiger partial charge in [0.15, 0.2) is 0 Å². The summed E-state index contributed by atoms with van der Waals surface area (Å²) in [6.07, 6.45) is 3.32. The fourth-order valence-corrected chi connectivity index (χ4v) is 3.93. The molecule has 0 radical (unpaired) electrons. The smallest absolute Gasteiger partial charge is 0.328 e. The molecule has 1 N–H and O–H groups in total. The van der Waals surface area contributed by atoms with Crippen LogP contribution >= 0.6 is 11.3 Å². The number of hydrogen-bond donors (Lipinski definition) is 1. The molecule has 4 heterocycles. The number of nitrogens with zero attached hydrogens (tertiary/aromatic N) is 4. The summed E-state index contributed by atoms with van der Waals surface area (Å²) in [5.74, 6) is 1.02. The van der Waals surface area contributed by atoms with Crippen LogP contribution in [-0.4, -0.2) is 43.6 Å². The summed E-state index contributed by atoms with van der Waals surface area (Å²) in [6, 6.07) is 3.20. The molecule has 0 unspecified atom stereocenters. The number of amides is 1. The SMILES string of the molecule is O=C(CCn1ccc(=O)[nH]c1=O)N1CCC[C@H](c2nnc(-c3ccsc3)o2)C1. The first-order valence-electron chi connectivity index (χ1n) is 9.03. The Morgan fingerprint density at radius 1 is 1.32 bits per heavy atom. The van der Waals surface area contributed by atoms with E-state index in [4.69, 9.17) is 4.42 Å². The minimum Gasteiger partial charge on any atom is -0.420 e. The largest absolute Gasteiger partial charge is 0.420 e. The molecule has 0 bridgehead atoms. The van der Waals surface area contributed by atoms with Gasteiger partial charge in [0.25, 0.3) is 5.56 Å². The Labute approximate surface area is 163 Å². The maximum Gasteiger partial charge on any atom is 0.328 e. The van der Waals surface area contributed by atoms with Gasteiger partial charge in [0.1, 0.15) is 0 Å². The van der Waals surface area contributed by atoms with Gasteiger partial charge in [0.2, 0.25) is 17.7 Å². The predicted molar refractivity (Wildman–Crippen MR) is 102 cm³/mol. The Morgan fingerprint density at radius 3 is 3.00 bits per heavy atom. The number of nitrogens with one attached hydrogen (secondary N) is 1. The Bertz CT molecular complexity index is 1070. The highest BCUT2D eigenvalue weighted by molar-refractivity contribution is 7.08. The topological polar surface area (TPSA) is 114 Å². The monoisotopic (exact) mass is 401 g/mol. The zero-order chi connectivity index (χ0) is 19.5. The van der Waals surface area contributed by atoms with Gasteiger partial charge >= 0.3 is 5.69 Å². The first-order chi connectivity index (χ1) is 13.6. The summed E-state index contributed by atoms with van der Waals surface area (Å²) in [5.41, 5.74) is -0.0599. The number of aromatic amines is 1. The van der Waals surface area contributed by atoms with Crippen molar-refractivity contribution in [2.75, 3.05) is 13.1 Å². The van der Waals surface area contributed by atoms with Crippen molar-refractivity contribution in [3.05, 3.63) is 55.8 Å². The summed E-state index contributed by atoms with van der Waals surface area (Å²) in [5, 5.41) is 12.2. The molecule has 1 fully saturated rings. The zero-order valence-corrected chi connectivity index (χ0v) is 15.9. The van der Waals surface area contributed by atoms with Crippen LogP contribution in [0.2, 0.25) is 0 Å². The van der Waals surface area contributed by atoms with Crippen molar-refractivity contribution in [1.29, 1.82) is 0 Å². The molecule has 1 atom stereocenters. The van der Waals surface area contributed by atoms with Crippen LogP contribution in [0.4, 0.5) is 0 Å². The van der Waals surface area contributed by atoms with Crippen LogP contribution in [0, 0.1) is 0 Å². The average Bonchev–Trinajstić information content (AvgIpc) is 3.39. The second kappa shape index (κ2) is 7.93. The van der Waals surface area contributed by atoms with Crippen molar-refractivity contribution in [2.45, 2.75) is 31.7 Å². The minimum absolute atomic E-state index is 0.00777. The van der Waals surface area contributed by atoms with E-state index in [0.717, 1.165) is 18.4 Å². The fraction of sp³-hybridized carbons (Fsp3) is 0.389. The second-order valence-corrected chi connectivity index (χ2v) is 7.47. The van der Waals surface area contributed by atoms with Gasteiger partial charge in [-0.05, 0) is 24.3 Å². The molecule has 9 nitrogen and oxygen atoms in total. The van der Waals surface area contributed by atoms with Gasteiger partial charge < -0.3 is 13.9 Å². The van der Waals surface area contributed by atoms with Gasteiger partial charge in [-0.2, -0.15) is 11.3 Å². The maximum absolute atomic E-state index is 12.6. The highest BCUT2D eigenvalue weighted by Crippen LogP contribution is 2.29. The number of likely N-dealkylation sites (tertiary alicyclic amines) is 1. The Kier molecular flexibility index (Phi) is 5.20. The van der Waals surface area contributed by atoms with Gasteiger partial charge in [-0.1, -0.05) is 0 Å². The molecule has 1 aliphatic heterocycles. The Hall–Kier alpha value is -3.01. The maximum atomic E-state index is 12.6. The third-order valence-corrected chi connectivity index (χ3v) is 5.48. The summed E-state index contributed by atoms with van der Waals surface area (Å²) in [4.78, 5) is 39.4. The van der Waals surface area contributed by atoms with Crippen molar-refractivity contribution in [3.8, 4) is 11.5 Å². The van der Waals surface area contributed by atoms with Crippen molar-refractivity contribution >= 4 is 17.2 Å². The molecule has 0 spiro atoms. The van der Waals surface area contributed by atoms with Crippen LogP contribution in [0.1, 0.15) is 31.1 Å². The molecule has 0 aromatic carbocycles. The lowest BCUT2D eigenvalue weighted by Crippen LogP contribution is -2.40. The summed E-state index contributed by atoms with van der Waals surface area (Å²) >= 11 is 1.56. The summed E-state index contributed by atoms with van der Waals surface area (Å²) in [7, 11) is 0. The number of rotatable bonds is 5. The number of aromatic nitrogens is 4. The van der Waals surface area contributed by atoms with Crippen LogP contribution in [0.15, 0.2) is 43.1 Å². The second-order valence-electron chi connectivity index (χ2n) is 6.69. The lowest BCUT2D eigenvalue weighted by Gasteiger charge is -2.31. The quantitative estimate of drug-likeness (QED) is 0.692. The third kappa shape index (κ3) is 3.96. The summed E-state index contributed by atoms with van der Waals surface area (Å²) in [6.45, 7) is 1.41. The van der Waals surface area contributed by atoms with Crippen LogP contribution in [-0.2, 0) is 11.3 Å². The molecular weight excluding hydrogens is 382 g/mol. The van der Waals surface area contributed by atoms with E-state index in [9.17, 15) is 14.4 Å². The normalized spacial score (nSPS) is 17.0. The van der Waals surface area contributed by atoms with Crippen LogP contribution < -0.4 is 11.2 Å². The molecule has 4 rings (SSSR count). The van der Waals surface area contributed by atoms with Gasteiger partial charge in [-0.25, -0.2) is 4.79 Å². The molecule has 0 saturated carbocycles. The number of hydrogen-bond acceptors (Lipinski definition) is 7. The molecule has 1 amide bonds. The van der Waals surface area contributed by atoms with E-state index in [-0.39, 0.29) is 24.8 Å². The van der Waals surface area contributed by atoms with Crippen LogP contribution in [0.25, 0.3) is 11.5 Å². The molecular formula is C18H19N5O4S. The van der Waals surface area contributed by atoms with E-state index in [2.05, 4.69) is 15.2 Å². The molecule has 10 heteroatoms. The predicted octanol–water partition coefficient (Wildman–Crippen LogP) is 1.44.